The third-order valence-electron chi connectivity index (χ3n) is 4.28. The van der Waals surface area contributed by atoms with Gasteiger partial charge in [0.1, 0.15) is 0 Å². The zero-order valence-electron chi connectivity index (χ0n) is 12.8. The standard InChI is InChI=1S/C15H22N4O3/c1-3-4-6-15(17-18-15)7-5-12(20)19-9-8-14(2,11-19)16-10-13(21)22/h1,16H,4-11H2,2H3,(H,21,22). The van der Waals surface area contributed by atoms with Crippen molar-refractivity contribution >= 4 is 11.9 Å². The first-order chi connectivity index (χ1) is 10.4. The number of nitrogens with one attached hydrogen (secondary N) is 1. The van der Waals surface area contributed by atoms with E-state index in [2.05, 4.69) is 21.5 Å². The van der Waals surface area contributed by atoms with E-state index in [4.69, 9.17) is 11.5 Å². The van der Waals surface area contributed by atoms with Crippen LogP contribution in [0.15, 0.2) is 10.2 Å². The van der Waals surface area contributed by atoms with Crippen molar-refractivity contribution in [1.82, 2.24) is 10.2 Å². The number of nitrogens with zero attached hydrogens (tertiary/aromatic N) is 3. The van der Waals surface area contributed by atoms with Crippen molar-refractivity contribution in [3.05, 3.63) is 0 Å². The summed E-state index contributed by atoms with van der Waals surface area (Å²) in [6.45, 7) is 3.03. The normalized spacial score (nSPS) is 25.0. The molecule has 2 aliphatic rings. The summed E-state index contributed by atoms with van der Waals surface area (Å²) in [7, 11) is 0. The van der Waals surface area contributed by atoms with Gasteiger partial charge in [-0.2, -0.15) is 10.2 Å². The fourth-order valence-electron chi connectivity index (χ4n) is 2.74. The van der Waals surface area contributed by atoms with Gasteiger partial charge in [-0.15, -0.1) is 12.3 Å². The van der Waals surface area contributed by atoms with Crippen LogP contribution in [0.4, 0.5) is 0 Å². The molecule has 2 N–H and O–H groups in total. The molecule has 0 saturated carbocycles. The Balaban J connectivity index is 1.75. The lowest BCUT2D eigenvalue weighted by Gasteiger charge is -2.25. The number of carbonyl (C=O) groups excluding carboxylic acids is 1. The smallest absolute Gasteiger partial charge is 0.317 e. The lowest BCUT2D eigenvalue weighted by atomic mass is 10.0. The van der Waals surface area contributed by atoms with E-state index in [0.717, 1.165) is 6.42 Å². The second-order valence-corrected chi connectivity index (χ2v) is 6.26. The molecule has 1 unspecified atom stereocenters. The molecule has 7 heteroatoms. The van der Waals surface area contributed by atoms with E-state index < -0.39 is 11.6 Å². The fourth-order valence-corrected chi connectivity index (χ4v) is 2.74. The van der Waals surface area contributed by atoms with Gasteiger partial charge in [-0.3, -0.25) is 14.9 Å². The van der Waals surface area contributed by atoms with Crippen LogP contribution in [0.3, 0.4) is 0 Å². The van der Waals surface area contributed by atoms with Crippen molar-refractivity contribution < 1.29 is 14.7 Å². The van der Waals surface area contributed by atoms with Crippen LogP contribution in [0, 0.1) is 12.3 Å². The number of carbonyl (C=O) groups is 2. The Labute approximate surface area is 130 Å². The monoisotopic (exact) mass is 306 g/mol. The molecule has 0 aliphatic carbocycles. The minimum absolute atomic E-state index is 0.0678. The molecule has 0 aromatic heterocycles. The van der Waals surface area contributed by atoms with Crippen molar-refractivity contribution in [1.29, 1.82) is 0 Å². The van der Waals surface area contributed by atoms with Crippen molar-refractivity contribution in [2.45, 2.75) is 50.2 Å². The Morgan fingerprint density at radius 3 is 2.73 bits per heavy atom. The number of aliphatic carboxylic acids is 1. The maximum Gasteiger partial charge on any atom is 0.317 e. The van der Waals surface area contributed by atoms with Crippen LogP contribution < -0.4 is 5.32 Å². The summed E-state index contributed by atoms with van der Waals surface area (Å²) in [5, 5.41) is 19.8. The number of hydrogen-bond acceptors (Lipinski definition) is 5. The molecule has 22 heavy (non-hydrogen) atoms. The van der Waals surface area contributed by atoms with Gasteiger partial charge in [0.15, 0.2) is 5.66 Å². The molecule has 1 fully saturated rings. The zero-order chi connectivity index (χ0) is 16.2. The summed E-state index contributed by atoms with van der Waals surface area (Å²) >= 11 is 0. The van der Waals surface area contributed by atoms with Gasteiger partial charge < -0.3 is 10.0 Å². The predicted molar refractivity (Wildman–Crippen MR) is 80.1 cm³/mol. The quantitative estimate of drug-likeness (QED) is 0.654. The highest BCUT2D eigenvalue weighted by Gasteiger charge is 2.41. The van der Waals surface area contributed by atoms with E-state index in [0.29, 0.717) is 38.8 Å². The molecule has 0 spiro atoms. The van der Waals surface area contributed by atoms with E-state index in [9.17, 15) is 9.59 Å². The van der Waals surface area contributed by atoms with E-state index >= 15 is 0 Å². The zero-order valence-corrected chi connectivity index (χ0v) is 12.8. The molecule has 0 aromatic rings. The van der Waals surface area contributed by atoms with Crippen LogP contribution in [0.5, 0.6) is 0 Å². The van der Waals surface area contributed by atoms with Gasteiger partial charge in [0.05, 0.1) is 6.54 Å². The average molecular weight is 306 g/mol. The average Bonchev–Trinajstić information content (AvgIpc) is 3.15. The Kier molecular flexibility index (Phi) is 4.81. The summed E-state index contributed by atoms with van der Waals surface area (Å²) in [6.07, 6.45) is 8.31. The van der Waals surface area contributed by atoms with Gasteiger partial charge in [0, 0.05) is 44.3 Å². The molecule has 0 radical (unpaired) electrons. The minimum Gasteiger partial charge on any atom is -0.480 e. The highest BCUT2D eigenvalue weighted by Crippen LogP contribution is 2.38. The Hall–Kier alpha value is -1.94. The minimum atomic E-state index is -0.890. The number of carboxylic acid groups (broad SMARTS) is 1. The third kappa shape index (κ3) is 4.28. The van der Waals surface area contributed by atoms with Gasteiger partial charge in [-0.1, -0.05) is 0 Å². The molecule has 2 rings (SSSR count). The molecule has 2 aliphatic heterocycles. The number of likely N-dealkylation sites (tertiary alicyclic amines) is 1. The molecule has 0 aromatic carbocycles. The topological polar surface area (TPSA) is 94.4 Å². The third-order valence-corrected chi connectivity index (χ3v) is 4.28. The van der Waals surface area contributed by atoms with Gasteiger partial charge in [-0.25, -0.2) is 0 Å². The van der Waals surface area contributed by atoms with Crippen LogP contribution >= 0.6 is 0 Å². The number of amides is 1. The molecule has 7 nitrogen and oxygen atoms in total. The first kappa shape index (κ1) is 16.4. The van der Waals surface area contributed by atoms with Gasteiger partial charge in [0.25, 0.3) is 0 Å². The molecule has 2 heterocycles. The Morgan fingerprint density at radius 1 is 1.41 bits per heavy atom. The summed E-state index contributed by atoms with van der Waals surface area (Å²) in [6, 6.07) is 0. The summed E-state index contributed by atoms with van der Waals surface area (Å²) in [5.74, 6) is 1.75. The van der Waals surface area contributed by atoms with E-state index in [1.54, 1.807) is 4.90 Å². The van der Waals surface area contributed by atoms with Crippen molar-refractivity contribution in [3.63, 3.8) is 0 Å². The van der Waals surface area contributed by atoms with E-state index in [1.807, 2.05) is 6.92 Å². The number of hydrogen-bond donors (Lipinski definition) is 2. The highest BCUT2D eigenvalue weighted by atomic mass is 16.4. The number of rotatable bonds is 8. The molecule has 1 saturated heterocycles. The molecule has 0 bridgehead atoms. The molecular weight excluding hydrogens is 284 g/mol. The van der Waals surface area contributed by atoms with Crippen molar-refractivity contribution in [2.75, 3.05) is 19.6 Å². The largest absolute Gasteiger partial charge is 0.480 e. The van der Waals surface area contributed by atoms with Gasteiger partial charge in [-0.05, 0) is 13.3 Å². The van der Waals surface area contributed by atoms with Crippen LogP contribution in [-0.2, 0) is 9.59 Å². The van der Waals surface area contributed by atoms with Gasteiger partial charge >= 0.3 is 5.97 Å². The van der Waals surface area contributed by atoms with Crippen LogP contribution in [-0.4, -0.2) is 52.7 Å². The van der Waals surface area contributed by atoms with E-state index in [-0.39, 0.29) is 18.0 Å². The second-order valence-electron chi connectivity index (χ2n) is 6.26. The van der Waals surface area contributed by atoms with Crippen LogP contribution in [0.1, 0.15) is 39.0 Å². The first-order valence-corrected chi connectivity index (χ1v) is 7.50. The SMILES string of the molecule is C#CCCC1(CCC(=O)N2CCC(C)(NCC(=O)O)C2)N=N1. The number of terminal acetylenes is 1. The maximum absolute atomic E-state index is 12.3. The number of carboxylic acids is 1. The summed E-state index contributed by atoms with van der Waals surface area (Å²) in [5.41, 5.74) is -0.754. The molecule has 120 valence electrons. The summed E-state index contributed by atoms with van der Waals surface area (Å²) < 4.78 is 0. The fraction of sp³-hybridized carbons (Fsp3) is 0.733. The van der Waals surface area contributed by atoms with Crippen molar-refractivity contribution in [3.8, 4) is 12.3 Å². The molecule has 1 amide bonds. The lowest BCUT2D eigenvalue weighted by molar-refractivity contribution is -0.136. The maximum atomic E-state index is 12.3. The first-order valence-electron chi connectivity index (χ1n) is 7.50. The Bertz CT molecular complexity index is 519. The molecule has 1 atom stereocenters. The van der Waals surface area contributed by atoms with Crippen LogP contribution in [0.25, 0.3) is 0 Å². The molecular formula is C15H22N4O3. The highest BCUT2D eigenvalue weighted by molar-refractivity contribution is 5.77. The summed E-state index contributed by atoms with van der Waals surface area (Å²) in [4.78, 5) is 24.7. The van der Waals surface area contributed by atoms with E-state index in [1.165, 1.54) is 0 Å². The lowest BCUT2D eigenvalue weighted by Crippen LogP contribution is -2.47. The van der Waals surface area contributed by atoms with Crippen molar-refractivity contribution in [2.24, 2.45) is 10.2 Å². The van der Waals surface area contributed by atoms with Gasteiger partial charge in [0.2, 0.25) is 5.91 Å². The van der Waals surface area contributed by atoms with Crippen LogP contribution in [0.2, 0.25) is 0 Å². The second kappa shape index (κ2) is 6.44. The Morgan fingerprint density at radius 2 is 2.14 bits per heavy atom. The predicted octanol–water partition coefficient (Wildman–Crippen LogP) is 1.01.